The monoisotopic (exact) mass is 390 g/mol. The van der Waals surface area contributed by atoms with Gasteiger partial charge in [0.1, 0.15) is 11.6 Å². The Balaban J connectivity index is 1.12. The maximum Gasteiger partial charge on any atom is 0.237 e. The summed E-state index contributed by atoms with van der Waals surface area (Å²) in [6.45, 7) is 5.14. The first-order valence-corrected chi connectivity index (χ1v) is 10.6. The molecule has 1 aromatic rings. The molecule has 3 saturated heterocycles. The average molecular weight is 390 g/mol. The molecule has 152 valence electrons. The number of nitrogens with zero attached hydrogens (tertiary/aromatic N) is 4. The van der Waals surface area contributed by atoms with E-state index >= 15 is 0 Å². The van der Waals surface area contributed by atoms with Gasteiger partial charge in [-0.2, -0.15) is 0 Å². The molecule has 4 aliphatic rings. The number of carbonyl (C=O) groups is 1. The van der Waals surface area contributed by atoms with Gasteiger partial charge in [0.2, 0.25) is 5.91 Å². The first-order chi connectivity index (χ1) is 13.6. The molecule has 3 heterocycles. The molecule has 1 saturated carbocycles. The van der Waals surface area contributed by atoms with Crippen molar-refractivity contribution >= 4 is 11.6 Å². The minimum atomic E-state index is -0.554. The highest BCUT2D eigenvalue weighted by atomic mass is 19.1. The first-order valence-electron chi connectivity index (χ1n) is 10.6. The van der Waals surface area contributed by atoms with Crippen LogP contribution in [0.3, 0.4) is 0 Å². The Kier molecular flexibility index (Phi) is 4.75. The van der Waals surface area contributed by atoms with Crippen molar-refractivity contribution < 1.29 is 13.6 Å². The van der Waals surface area contributed by atoms with Gasteiger partial charge >= 0.3 is 0 Å². The lowest BCUT2D eigenvalue weighted by Gasteiger charge is -2.43. The van der Waals surface area contributed by atoms with E-state index in [-0.39, 0.29) is 5.91 Å². The highest BCUT2D eigenvalue weighted by Gasteiger charge is 2.48. The smallest absolute Gasteiger partial charge is 0.237 e. The van der Waals surface area contributed by atoms with E-state index in [0.29, 0.717) is 37.4 Å². The van der Waals surface area contributed by atoms with Crippen LogP contribution in [0.2, 0.25) is 0 Å². The molecule has 3 aliphatic heterocycles. The number of benzene rings is 1. The Bertz CT molecular complexity index is 748. The van der Waals surface area contributed by atoms with E-state index in [0.717, 1.165) is 44.7 Å². The number of piperazine rings is 2. The predicted octanol–water partition coefficient (Wildman–Crippen LogP) is 1.92. The van der Waals surface area contributed by atoms with Crippen molar-refractivity contribution in [3.8, 4) is 0 Å². The number of rotatable bonds is 4. The molecule has 0 aromatic heterocycles. The number of likely N-dealkylation sites (tertiary alicyclic amines) is 2. The van der Waals surface area contributed by atoms with Gasteiger partial charge in [0.15, 0.2) is 0 Å². The van der Waals surface area contributed by atoms with E-state index in [9.17, 15) is 13.6 Å². The predicted molar refractivity (Wildman–Crippen MR) is 103 cm³/mol. The maximum absolute atomic E-state index is 14.0. The molecule has 5 rings (SSSR count). The van der Waals surface area contributed by atoms with E-state index < -0.39 is 11.6 Å². The van der Waals surface area contributed by atoms with Crippen molar-refractivity contribution in [2.45, 2.75) is 43.8 Å². The fourth-order valence-electron chi connectivity index (χ4n) is 5.34. The van der Waals surface area contributed by atoms with Gasteiger partial charge in [0.05, 0.1) is 12.2 Å². The number of halogens is 2. The molecule has 4 fully saturated rings. The molecule has 0 radical (unpaired) electrons. The molecule has 2 bridgehead atoms. The molecule has 0 spiro atoms. The topological polar surface area (TPSA) is 30.0 Å². The van der Waals surface area contributed by atoms with Crippen molar-refractivity contribution in [3.05, 3.63) is 29.8 Å². The highest BCUT2D eigenvalue weighted by Crippen LogP contribution is 2.37. The lowest BCUT2D eigenvalue weighted by Crippen LogP contribution is -2.56. The highest BCUT2D eigenvalue weighted by molar-refractivity contribution is 5.79. The SMILES string of the molecule is O=C(CN1CCN(c2ccc(F)cc2F)CC1)N1CC2CC1CN2C1CCC1. The van der Waals surface area contributed by atoms with Crippen LogP contribution in [0.1, 0.15) is 25.7 Å². The van der Waals surface area contributed by atoms with Crippen LogP contribution in [0.25, 0.3) is 0 Å². The minimum Gasteiger partial charge on any atom is -0.367 e. The van der Waals surface area contributed by atoms with Gasteiger partial charge in [-0.3, -0.25) is 14.6 Å². The second kappa shape index (κ2) is 7.26. The summed E-state index contributed by atoms with van der Waals surface area (Å²) < 4.78 is 27.1. The Hall–Kier alpha value is -1.73. The van der Waals surface area contributed by atoms with Gasteiger partial charge in [-0.05, 0) is 31.4 Å². The van der Waals surface area contributed by atoms with Crippen molar-refractivity contribution in [2.24, 2.45) is 0 Å². The van der Waals surface area contributed by atoms with Gasteiger partial charge in [-0.25, -0.2) is 8.78 Å². The van der Waals surface area contributed by atoms with Gasteiger partial charge in [-0.1, -0.05) is 6.42 Å². The molecule has 1 amide bonds. The van der Waals surface area contributed by atoms with Crippen molar-refractivity contribution in [3.63, 3.8) is 0 Å². The third kappa shape index (κ3) is 3.28. The average Bonchev–Trinajstić information content (AvgIpc) is 3.22. The van der Waals surface area contributed by atoms with Crippen LogP contribution >= 0.6 is 0 Å². The molecule has 2 atom stereocenters. The summed E-state index contributed by atoms with van der Waals surface area (Å²) in [6, 6.07) is 5.46. The van der Waals surface area contributed by atoms with Crippen LogP contribution < -0.4 is 4.90 Å². The van der Waals surface area contributed by atoms with E-state index in [1.165, 1.54) is 31.4 Å². The molecule has 28 heavy (non-hydrogen) atoms. The fraction of sp³-hybridized carbons (Fsp3) is 0.667. The standard InChI is InChI=1S/C21H28F2N4O/c22-15-4-5-20(19(23)10-15)25-8-6-24(7-9-25)14-21(28)27-13-17-11-18(27)12-26(17)16-2-1-3-16/h4-5,10,16-18H,1-3,6-9,11-14H2. The van der Waals surface area contributed by atoms with Crippen molar-refractivity contribution in [2.75, 3.05) is 50.7 Å². The third-order valence-electron chi connectivity index (χ3n) is 7.13. The van der Waals surface area contributed by atoms with Crippen LogP contribution in [0, 0.1) is 11.6 Å². The molecule has 5 nitrogen and oxygen atoms in total. The van der Waals surface area contributed by atoms with E-state index in [4.69, 9.17) is 0 Å². The summed E-state index contributed by atoms with van der Waals surface area (Å²) in [4.78, 5) is 21.7. The summed E-state index contributed by atoms with van der Waals surface area (Å²) in [5.41, 5.74) is 0.445. The van der Waals surface area contributed by atoms with Gasteiger partial charge in [-0.15, -0.1) is 0 Å². The zero-order valence-electron chi connectivity index (χ0n) is 16.2. The van der Waals surface area contributed by atoms with Crippen LogP contribution in [-0.4, -0.2) is 84.5 Å². The van der Waals surface area contributed by atoms with Crippen LogP contribution in [0.15, 0.2) is 18.2 Å². The zero-order valence-corrected chi connectivity index (χ0v) is 16.2. The zero-order chi connectivity index (χ0) is 19.3. The molecule has 2 unspecified atom stereocenters. The molecule has 0 N–H and O–H groups in total. The quantitative estimate of drug-likeness (QED) is 0.786. The number of carbonyl (C=O) groups excluding carboxylic acids is 1. The Morgan fingerprint density at radius 1 is 1.00 bits per heavy atom. The van der Waals surface area contributed by atoms with Crippen LogP contribution in [0.5, 0.6) is 0 Å². The Morgan fingerprint density at radius 3 is 2.39 bits per heavy atom. The number of hydrogen-bond acceptors (Lipinski definition) is 4. The minimum absolute atomic E-state index is 0.238. The Labute approximate surface area is 164 Å². The summed E-state index contributed by atoms with van der Waals surface area (Å²) in [6.07, 6.45) is 5.15. The summed E-state index contributed by atoms with van der Waals surface area (Å²) >= 11 is 0. The van der Waals surface area contributed by atoms with Gasteiger partial charge in [0.25, 0.3) is 0 Å². The number of amides is 1. The Morgan fingerprint density at radius 2 is 1.79 bits per heavy atom. The molecular formula is C21H28F2N4O. The molecule has 1 aromatic carbocycles. The van der Waals surface area contributed by atoms with Crippen LogP contribution in [-0.2, 0) is 4.79 Å². The number of fused-ring (bicyclic) bond motifs is 2. The van der Waals surface area contributed by atoms with E-state index in [2.05, 4.69) is 14.7 Å². The van der Waals surface area contributed by atoms with Gasteiger partial charge in [0, 0.05) is 63.5 Å². The second-order valence-corrected chi connectivity index (χ2v) is 8.73. The van der Waals surface area contributed by atoms with E-state index in [1.54, 1.807) is 0 Å². The summed E-state index contributed by atoms with van der Waals surface area (Å²) in [7, 11) is 0. The number of hydrogen-bond donors (Lipinski definition) is 0. The summed E-state index contributed by atoms with van der Waals surface area (Å²) in [5, 5.41) is 0. The number of anilines is 1. The maximum atomic E-state index is 14.0. The van der Waals surface area contributed by atoms with Crippen molar-refractivity contribution in [1.82, 2.24) is 14.7 Å². The van der Waals surface area contributed by atoms with Crippen LogP contribution in [0.4, 0.5) is 14.5 Å². The lowest BCUT2D eigenvalue weighted by molar-refractivity contribution is -0.135. The van der Waals surface area contributed by atoms with Gasteiger partial charge < -0.3 is 9.80 Å². The normalized spacial score (nSPS) is 28.8. The molecule has 7 heteroatoms. The first kappa shape index (κ1) is 18.3. The second-order valence-electron chi connectivity index (χ2n) is 8.73. The lowest BCUT2D eigenvalue weighted by atomic mass is 9.91. The molecular weight excluding hydrogens is 362 g/mol. The van der Waals surface area contributed by atoms with Crippen molar-refractivity contribution in [1.29, 1.82) is 0 Å². The fourth-order valence-corrected chi connectivity index (χ4v) is 5.34. The third-order valence-corrected chi connectivity index (χ3v) is 7.13. The molecule has 1 aliphatic carbocycles. The van der Waals surface area contributed by atoms with E-state index in [1.807, 2.05) is 4.90 Å². The largest absolute Gasteiger partial charge is 0.367 e. The summed E-state index contributed by atoms with van der Waals surface area (Å²) in [5.74, 6) is -0.836.